The van der Waals surface area contributed by atoms with E-state index in [-0.39, 0.29) is 22.8 Å². The minimum atomic E-state index is -1.22. The summed E-state index contributed by atoms with van der Waals surface area (Å²) in [5, 5.41) is 20.5. The van der Waals surface area contributed by atoms with Crippen LogP contribution >= 0.6 is 0 Å². The highest BCUT2D eigenvalue weighted by Crippen LogP contribution is 2.33. The second-order valence-corrected chi connectivity index (χ2v) is 9.10. The van der Waals surface area contributed by atoms with Crippen molar-refractivity contribution < 1.29 is 19.8 Å². The molecule has 0 radical (unpaired) electrons. The number of aromatic hydroxyl groups is 1. The van der Waals surface area contributed by atoms with E-state index in [0.717, 1.165) is 29.6 Å². The zero-order valence-electron chi connectivity index (χ0n) is 19.3. The van der Waals surface area contributed by atoms with Crippen molar-refractivity contribution in [2.45, 2.75) is 19.4 Å². The van der Waals surface area contributed by atoms with Gasteiger partial charge in [-0.2, -0.15) is 0 Å². The topological polar surface area (TPSA) is 129 Å². The van der Waals surface area contributed by atoms with Crippen molar-refractivity contribution in [3.05, 3.63) is 69.8 Å². The maximum atomic E-state index is 13.2. The van der Waals surface area contributed by atoms with E-state index in [1.807, 2.05) is 10.6 Å². The van der Waals surface area contributed by atoms with Crippen LogP contribution in [0.1, 0.15) is 32.7 Å². The number of benzene rings is 1. The number of aromatic carboxylic acids is 1. The Morgan fingerprint density at radius 3 is 2.56 bits per heavy atom. The highest BCUT2D eigenvalue weighted by atomic mass is 16.4. The molecule has 2 aliphatic rings. The lowest BCUT2D eigenvalue weighted by molar-refractivity contribution is 0.0693. The van der Waals surface area contributed by atoms with E-state index in [0.29, 0.717) is 49.1 Å². The van der Waals surface area contributed by atoms with Gasteiger partial charge < -0.3 is 24.6 Å². The third-order valence-electron chi connectivity index (χ3n) is 7.11. The summed E-state index contributed by atoms with van der Waals surface area (Å²) < 4.78 is 1.88. The van der Waals surface area contributed by atoms with Gasteiger partial charge in [0.25, 0.3) is 5.91 Å². The summed E-state index contributed by atoms with van der Waals surface area (Å²) in [5.74, 6) is -1.67. The molecule has 182 valence electrons. The molecule has 10 nitrogen and oxygen atoms in total. The number of carbonyl (C=O) groups is 2. The minimum absolute atomic E-state index is 0.133. The van der Waals surface area contributed by atoms with Crippen LogP contribution in [0.4, 0.5) is 5.69 Å². The van der Waals surface area contributed by atoms with E-state index < -0.39 is 11.4 Å². The van der Waals surface area contributed by atoms with Crippen LogP contribution in [0.15, 0.2) is 47.7 Å². The SMILES string of the molecule is O=C(O)c1cn2c3c(c(N4CCN(C(=O)c5cnc6cccnc6c5O)CC4)ccc3c1=O)CCC2. The smallest absolute Gasteiger partial charge is 0.341 e. The first-order valence-corrected chi connectivity index (χ1v) is 11.8. The summed E-state index contributed by atoms with van der Waals surface area (Å²) in [5.41, 5.74) is 3.12. The van der Waals surface area contributed by atoms with Gasteiger partial charge in [0.05, 0.1) is 11.0 Å². The van der Waals surface area contributed by atoms with E-state index in [2.05, 4.69) is 14.9 Å². The Balaban J connectivity index is 1.28. The van der Waals surface area contributed by atoms with Gasteiger partial charge >= 0.3 is 5.97 Å². The molecule has 1 saturated heterocycles. The normalized spacial score (nSPS) is 15.4. The zero-order valence-corrected chi connectivity index (χ0v) is 19.3. The van der Waals surface area contributed by atoms with Gasteiger partial charge in [0.15, 0.2) is 5.75 Å². The molecule has 2 aliphatic heterocycles. The number of carboxylic acid groups (broad SMARTS) is 1. The summed E-state index contributed by atoms with van der Waals surface area (Å²) in [7, 11) is 0. The number of hydrogen-bond acceptors (Lipinski definition) is 7. The molecule has 1 fully saturated rings. The van der Waals surface area contributed by atoms with Crippen LogP contribution in [-0.2, 0) is 13.0 Å². The van der Waals surface area contributed by atoms with Gasteiger partial charge in [0.2, 0.25) is 5.43 Å². The molecule has 0 atom stereocenters. The lowest BCUT2D eigenvalue weighted by atomic mass is 9.97. The molecule has 0 saturated carbocycles. The monoisotopic (exact) mass is 485 g/mol. The molecule has 3 aromatic heterocycles. The number of rotatable bonds is 3. The Bertz CT molecular complexity index is 1620. The summed E-state index contributed by atoms with van der Waals surface area (Å²) in [6, 6.07) is 7.06. The number of piperazine rings is 1. The highest BCUT2D eigenvalue weighted by Gasteiger charge is 2.28. The summed E-state index contributed by atoms with van der Waals surface area (Å²) in [6.45, 7) is 2.75. The predicted molar refractivity (Wildman–Crippen MR) is 133 cm³/mol. The van der Waals surface area contributed by atoms with Gasteiger partial charge in [-0.3, -0.25) is 19.6 Å². The van der Waals surface area contributed by atoms with Crippen molar-refractivity contribution in [1.82, 2.24) is 19.4 Å². The zero-order chi connectivity index (χ0) is 25.0. The number of amides is 1. The van der Waals surface area contributed by atoms with Crippen molar-refractivity contribution in [3.63, 3.8) is 0 Å². The van der Waals surface area contributed by atoms with Crippen LogP contribution in [0.5, 0.6) is 5.75 Å². The van der Waals surface area contributed by atoms with E-state index in [9.17, 15) is 24.6 Å². The lowest BCUT2D eigenvalue weighted by Gasteiger charge is -2.38. The summed E-state index contributed by atoms with van der Waals surface area (Å²) in [4.78, 5) is 49.8. The number of carbonyl (C=O) groups excluding carboxylic acids is 1. The molecule has 0 bridgehead atoms. The highest BCUT2D eigenvalue weighted by molar-refractivity contribution is 6.01. The number of carboxylic acids is 1. The number of pyridine rings is 3. The van der Waals surface area contributed by atoms with Crippen LogP contribution in [0.25, 0.3) is 21.9 Å². The van der Waals surface area contributed by atoms with Gasteiger partial charge in [0, 0.05) is 62.4 Å². The standard InChI is InChI=1S/C26H23N5O5/c32-23-16-5-6-20(15-3-2-8-31(22(15)16)14-18(23)26(35)36)29-9-11-30(12-10-29)25(34)17-13-28-19-4-1-7-27-21(19)24(17)33/h1,4-7,13-14H,2-3,8-12H2,(H,28,33)(H,35,36). The number of hydrogen-bond donors (Lipinski definition) is 2. The van der Waals surface area contributed by atoms with Crippen LogP contribution in [0.2, 0.25) is 0 Å². The molecular weight excluding hydrogens is 462 g/mol. The van der Waals surface area contributed by atoms with Crippen molar-refractivity contribution in [2.24, 2.45) is 0 Å². The lowest BCUT2D eigenvalue weighted by Crippen LogP contribution is -2.49. The van der Waals surface area contributed by atoms with Crippen molar-refractivity contribution in [2.75, 3.05) is 31.1 Å². The number of aryl methyl sites for hydroxylation is 2. The van der Waals surface area contributed by atoms with Gasteiger partial charge in [-0.15, -0.1) is 0 Å². The maximum absolute atomic E-state index is 13.2. The van der Waals surface area contributed by atoms with Crippen LogP contribution in [0.3, 0.4) is 0 Å². The Hall–Kier alpha value is -4.47. The minimum Gasteiger partial charge on any atom is -0.505 e. The second-order valence-electron chi connectivity index (χ2n) is 9.10. The van der Waals surface area contributed by atoms with Gasteiger partial charge in [-0.05, 0) is 42.7 Å². The molecule has 4 aromatic rings. The van der Waals surface area contributed by atoms with Gasteiger partial charge in [0.1, 0.15) is 16.6 Å². The van der Waals surface area contributed by atoms with Crippen molar-refractivity contribution in [1.29, 1.82) is 0 Å². The van der Waals surface area contributed by atoms with E-state index in [1.54, 1.807) is 29.3 Å². The first-order chi connectivity index (χ1) is 17.4. The first-order valence-electron chi connectivity index (χ1n) is 11.8. The summed E-state index contributed by atoms with van der Waals surface area (Å²) in [6.07, 6.45) is 6.04. The number of nitrogens with zero attached hydrogens (tertiary/aromatic N) is 5. The molecule has 0 unspecified atom stereocenters. The van der Waals surface area contributed by atoms with Crippen molar-refractivity contribution >= 4 is 39.5 Å². The number of aromatic nitrogens is 3. The second kappa shape index (κ2) is 8.33. The average Bonchev–Trinajstić information content (AvgIpc) is 2.90. The molecule has 36 heavy (non-hydrogen) atoms. The number of fused-ring (bicyclic) bond motifs is 1. The fourth-order valence-corrected chi connectivity index (χ4v) is 5.34. The third kappa shape index (κ3) is 3.36. The third-order valence-corrected chi connectivity index (χ3v) is 7.11. The average molecular weight is 486 g/mol. The molecular formula is C26H23N5O5. The number of anilines is 1. The Morgan fingerprint density at radius 1 is 0.972 bits per heavy atom. The van der Waals surface area contributed by atoms with Crippen LogP contribution in [0, 0.1) is 0 Å². The molecule has 6 rings (SSSR count). The van der Waals surface area contributed by atoms with Gasteiger partial charge in [-0.25, -0.2) is 4.79 Å². The molecule has 10 heteroatoms. The van der Waals surface area contributed by atoms with E-state index >= 15 is 0 Å². The largest absolute Gasteiger partial charge is 0.505 e. The molecule has 2 N–H and O–H groups in total. The van der Waals surface area contributed by atoms with Crippen molar-refractivity contribution in [3.8, 4) is 5.75 Å². The molecule has 1 aromatic carbocycles. The first kappa shape index (κ1) is 22.0. The van der Waals surface area contributed by atoms with E-state index in [4.69, 9.17) is 0 Å². The molecule has 5 heterocycles. The molecule has 0 aliphatic carbocycles. The molecule has 1 amide bonds. The Kier molecular flexibility index (Phi) is 5.10. The van der Waals surface area contributed by atoms with Gasteiger partial charge in [-0.1, -0.05) is 0 Å². The maximum Gasteiger partial charge on any atom is 0.341 e. The fourth-order valence-electron chi connectivity index (χ4n) is 5.34. The van der Waals surface area contributed by atoms with E-state index in [1.165, 1.54) is 12.4 Å². The summed E-state index contributed by atoms with van der Waals surface area (Å²) >= 11 is 0. The van der Waals surface area contributed by atoms with Crippen LogP contribution < -0.4 is 10.3 Å². The Morgan fingerprint density at radius 2 is 1.78 bits per heavy atom. The quantitative estimate of drug-likeness (QED) is 0.452. The molecule has 0 spiro atoms. The Labute approximate surface area is 205 Å². The predicted octanol–water partition coefficient (Wildman–Crippen LogP) is 2.26. The fraction of sp³-hybridized carbons (Fsp3) is 0.269. The van der Waals surface area contributed by atoms with Crippen LogP contribution in [-0.4, -0.2) is 67.7 Å².